The van der Waals surface area contributed by atoms with Gasteiger partial charge in [-0.15, -0.1) is 0 Å². The summed E-state index contributed by atoms with van der Waals surface area (Å²) in [5, 5.41) is 0. The Hall–Kier alpha value is -2.65. The normalized spacial score (nSPS) is 14.4. The highest BCUT2D eigenvalue weighted by molar-refractivity contribution is 14.1. The molecule has 0 saturated heterocycles. The quantitative estimate of drug-likeness (QED) is 0.201. The van der Waals surface area contributed by atoms with Crippen LogP contribution in [-0.2, 0) is 16.1 Å². The van der Waals surface area contributed by atoms with E-state index in [0.717, 1.165) is 24.7 Å². The molecular weight excluding hydrogens is 573 g/mol. The van der Waals surface area contributed by atoms with E-state index in [1.807, 2.05) is 66.7 Å². The second-order valence-electron chi connectivity index (χ2n) is 6.65. The molecule has 156 valence electrons. The first-order chi connectivity index (χ1) is 15.0. The predicted molar refractivity (Wildman–Crippen MR) is 131 cm³/mol. The van der Waals surface area contributed by atoms with Crippen molar-refractivity contribution in [3.05, 3.63) is 97.2 Å². The van der Waals surface area contributed by atoms with Crippen LogP contribution in [0.15, 0.2) is 81.9 Å². The molecule has 0 aromatic heterocycles. The van der Waals surface area contributed by atoms with Gasteiger partial charge in [0.1, 0.15) is 6.61 Å². The molecule has 0 radical (unpaired) electrons. The number of rotatable bonds is 6. The largest absolute Gasteiger partial charge is 0.493 e. The summed E-state index contributed by atoms with van der Waals surface area (Å²) in [5.41, 5.74) is 2.78. The number of nitrogens with zero attached hydrogens (tertiary/aromatic N) is 1. The molecule has 31 heavy (non-hydrogen) atoms. The van der Waals surface area contributed by atoms with Crippen LogP contribution in [0.4, 0.5) is 0 Å². The number of carbonyl (C=O) groups excluding carboxylic acids is 1. The number of benzene rings is 3. The summed E-state index contributed by atoms with van der Waals surface area (Å²) in [5.74, 6) is 1.02. The topological polar surface area (TPSA) is 57.1 Å². The number of esters is 1. The number of halogens is 2. The fourth-order valence-corrected chi connectivity index (χ4v) is 4.19. The summed E-state index contributed by atoms with van der Waals surface area (Å²) in [6.07, 6.45) is 1.68. The van der Waals surface area contributed by atoms with Crippen LogP contribution in [0.5, 0.6) is 11.5 Å². The Bertz CT molecular complexity index is 1190. The number of ether oxygens (including phenoxy) is 3. The molecule has 3 aromatic rings. The van der Waals surface area contributed by atoms with E-state index in [-0.39, 0.29) is 11.6 Å². The van der Waals surface area contributed by atoms with Crippen molar-refractivity contribution in [2.24, 2.45) is 4.99 Å². The van der Waals surface area contributed by atoms with Crippen molar-refractivity contribution in [1.82, 2.24) is 0 Å². The van der Waals surface area contributed by atoms with Crippen LogP contribution in [-0.4, -0.2) is 19.0 Å². The van der Waals surface area contributed by atoms with Gasteiger partial charge in [0, 0.05) is 10.0 Å². The van der Waals surface area contributed by atoms with Crippen molar-refractivity contribution >= 4 is 56.5 Å². The van der Waals surface area contributed by atoms with E-state index < -0.39 is 5.97 Å². The Morgan fingerprint density at radius 1 is 1.10 bits per heavy atom. The second kappa shape index (κ2) is 9.65. The fourth-order valence-electron chi connectivity index (χ4n) is 3.00. The van der Waals surface area contributed by atoms with E-state index in [0.29, 0.717) is 18.1 Å². The minimum Gasteiger partial charge on any atom is -0.493 e. The third kappa shape index (κ3) is 5.16. The van der Waals surface area contributed by atoms with Crippen molar-refractivity contribution in [3.8, 4) is 11.5 Å². The molecule has 1 aliphatic heterocycles. The zero-order valence-electron chi connectivity index (χ0n) is 16.5. The van der Waals surface area contributed by atoms with Gasteiger partial charge in [-0.2, -0.15) is 0 Å². The van der Waals surface area contributed by atoms with Crippen LogP contribution in [0, 0.1) is 3.57 Å². The van der Waals surface area contributed by atoms with Crippen LogP contribution >= 0.6 is 38.5 Å². The Kier molecular flexibility index (Phi) is 6.72. The molecule has 0 spiro atoms. The van der Waals surface area contributed by atoms with Crippen LogP contribution in [0.25, 0.3) is 6.08 Å². The highest BCUT2D eigenvalue weighted by Crippen LogP contribution is 2.35. The molecule has 0 bridgehead atoms. The Labute approximate surface area is 202 Å². The van der Waals surface area contributed by atoms with Gasteiger partial charge in [-0.25, -0.2) is 9.79 Å². The molecule has 0 fully saturated rings. The molecule has 0 unspecified atom stereocenters. The van der Waals surface area contributed by atoms with Gasteiger partial charge in [0.05, 0.1) is 10.7 Å². The molecule has 1 aliphatic rings. The minimum absolute atomic E-state index is 0.228. The lowest BCUT2D eigenvalue weighted by Gasteiger charge is -2.13. The second-order valence-corrected chi connectivity index (χ2v) is 8.73. The average Bonchev–Trinajstić information content (AvgIpc) is 3.13. The van der Waals surface area contributed by atoms with Crippen molar-refractivity contribution in [1.29, 1.82) is 0 Å². The van der Waals surface area contributed by atoms with Gasteiger partial charge < -0.3 is 14.2 Å². The predicted octanol–water partition coefficient (Wildman–Crippen LogP) is 5.99. The molecule has 5 nitrogen and oxygen atoms in total. The molecule has 0 amide bonds. The van der Waals surface area contributed by atoms with E-state index in [4.69, 9.17) is 14.2 Å². The van der Waals surface area contributed by atoms with E-state index in [1.165, 1.54) is 0 Å². The number of cyclic esters (lactones) is 1. The average molecular weight is 590 g/mol. The van der Waals surface area contributed by atoms with Gasteiger partial charge in [-0.05, 0) is 70.1 Å². The molecule has 7 heteroatoms. The molecule has 0 N–H and O–H groups in total. The summed E-state index contributed by atoms with van der Waals surface area (Å²) in [4.78, 5) is 16.7. The zero-order valence-corrected chi connectivity index (χ0v) is 20.2. The lowest BCUT2D eigenvalue weighted by molar-refractivity contribution is -0.129. The molecule has 0 aliphatic carbocycles. The molecule has 4 rings (SSSR count). The highest BCUT2D eigenvalue weighted by atomic mass is 127. The van der Waals surface area contributed by atoms with Crippen LogP contribution < -0.4 is 9.47 Å². The first kappa shape index (κ1) is 21.6. The highest BCUT2D eigenvalue weighted by Gasteiger charge is 2.24. The van der Waals surface area contributed by atoms with Gasteiger partial charge in [-0.3, -0.25) is 0 Å². The Morgan fingerprint density at radius 3 is 2.65 bits per heavy atom. The van der Waals surface area contributed by atoms with E-state index in [1.54, 1.807) is 13.2 Å². The van der Waals surface area contributed by atoms with E-state index in [9.17, 15) is 4.79 Å². The van der Waals surface area contributed by atoms with E-state index >= 15 is 0 Å². The monoisotopic (exact) mass is 589 g/mol. The van der Waals surface area contributed by atoms with Crippen LogP contribution in [0.3, 0.4) is 0 Å². The van der Waals surface area contributed by atoms with Gasteiger partial charge in [-0.1, -0.05) is 52.3 Å². The van der Waals surface area contributed by atoms with Crippen molar-refractivity contribution in [3.63, 3.8) is 0 Å². The minimum atomic E-state index is -0.492. The van der Waals surface area contributed by atoms with Crippen molar-refractivity contribution < 1.29 is 19.0 Å². The lowest BCUT2D eigenvalue weighted by atomic mass is 10.1. The van der Waals surface area contributed by atoms with Crippen LogP contribution in [0.2, 0.25) is 0 Å². The molecule has 0 atom stereocenters. The number of hydrogen-bond donors (Lipinski definition) is 0. The SMILES string of the molecule is COc1cc(/C=C2\N=C(c3cccc(Br)c3)OC2=O)cc(I)c1OCc1ccccc1. The molecule has 0 saturated carbocycles. The van der Waals surface area contributed by atoms with E-state index in [2.05, 4.69) is 43.5 Å². The standard InChI is InChI=1S/C24H17BrINO4/c1-29-21-12-16(10-19(26)22(21)30-14-15-6-3-2-4-7-15)11-20-24(28)31-23(27-20)17-8-5-9-18(25)13-17/h2-13H,14H2,1H3/b20-11-. The Morgan fingerprint density at radius 2 is 1.90 bits per heavy atom. The third-order valence-corrected chi connectivity index (χ3v) is 5.77. The lowest BCUT2D eigenvalue weighted by Crippen LogP contribution is -2.05. The number of hydrogen-bond acceptors (Lipinski definition) is 5. The molecule has 1 heterocycles. The first-order valence-corrected chi connectivity index (χ1v) is 11.2. The summed E-state index contributed by atoms with van der Waals surface area (Å²) in [7, 11) is 1.59. The fraction of sp³-hybridized carbons (Fsp3) is 0.0833. The third-order valence-electron chi connectivity index (χ3n) is 4.47. The number of methoxy groups -OCH3 is 1. The zero-order chi connectivity index (χ0) is 21.8. The summed E-state index contributed by atoms with van der Waals surface area (Å²) in [6, 6.07) is 21.1. The molecule has 3 aromatic carbocycles. The summed E-state index contributed by atoms with van der Waals surface area (Å²) >= 11 is 5.61. The van der Waals surface area contributed by atoms with Gasteiger partial charge in [0.2, 0.25) is 5.90 Å². The van der Waals surface area contributed by atoms with Crippen molar-refractivity contribution in [2.45, 2.75) is 6.61 Å². The molecular formula is C24H17BrINO4. The number of aliphatic imine (C=N–C) groups is 1. The van der Waals surface area contributed by atoms with Crippen LogP contribution in [0.1, 0.15) is 16.7 Å². The maximum Gasteiger partial charge on any atom is 0.363 e. The Balaban J connectivity index is 1.60. The summed E-state index contributed by atoms with van der Waals surface area (Å²) in [6.45, 7) is 0.431. The summed E-state index contributed by atoms with van der Waals surface area (Å²) < 4.78 is 18.6. The van der Waals surface area contributed by atoms with Gasteiger partial charge >= 0.3 is 5.97 Å². The first-order valence-electron chi connectivity index (χ1n) is 9.36. The van der Waals surface area contributed by atoms with Gasteiger partial charge in [0.15, 0.2) is 17.2 Å². The van der Waals surface area contributed by atoms with Crippen molar-refractivity contribution in [2.75, 3.05) is 7.11 Å². The smallest absolute Gasteiger partial charge is 0.363 e. The number of carbonyl (C=O) groups is 1. The maximum atomic E-state index is 12.3. The maximum absolute atomic E-state index is 12.3. The van der Waals surface area contributed by atoms with Gasteiger partial charge in [0.25, 0.3) is 0 Å².